The van der Waals surface area contributed by atoms with Crippen LogP contribution >= 0.6 is 24.0 Å². The van der Waals surface area contributed by atoms with Gasteiger partial charge in [-0.25, -0.2) is 0 Å². The maximum absolute atomic E-state index is 12.2. The predicted molar refractivity (Wildman–Crippen MR) is 125 cm³/mol. The Kier molecular flexibility index (Phi) is 13.1. The molecule has 1 saturated carbocycles. The van der Waals surface area contributed by atoms with E-state index in [1.54, 1.807) is 7.05 Å². The van der Waals surface area contributed by atoms with Gasteiger partial charge in [-0.3, -0.25) is 14.7 Å². The number of morpholine rings is 1. The average Bonchev–Trinajstić information content (AvgIpc) is 2.68. The molecule has 1 saturated heterocycles. The van der Waals surface area contributed by atoms with Gasteiger partial charge < -0.3 is 20.7 Å². The second kappa shape index (κ2) is 14.4. The minimum atomic E-state index is 0. The molecule has 28 heavy (non-hydrogen) atoms. The summed E-state index contributed by atoms with van der Waals surface area (Å²) in [5.74, 6) is 1.38. The summed E-state index contributed by atoms with van der Waals surface area (Å²) in [6.45, 7) is 9.19. The van der Waals surface area contributed by atoms with Crippen LogP contribution in [-0.2, 0) is 9.53 Å². The number of hydrogen-bond acceptors (Lipinski definition) is 4. The molecule has 0 aromatic heterocycles. The first-order chi connectivity index (χ1) is 13.1. The van der Waals surface area contributed by atoms with Crippen molar-refractivity contribution in [2.24, 2.45) is 10.9 Å². The first kappa shape index (κ1) is 25.4. The lowest BCUT2D eigenvalue weighted by molar-refractivity contribution is -0.120. The highest BCUT2D eigenvalue weighted by Crippen LogP contribution is 2.17. The summed E-state index contributed by atoms with van der Waals surface area (Å²) < 4.78 is 5.49. The molecule has 2 aliphatic rings. The highest BCUT2D eigenvalue weighted by Gasteiger charge is 2.22. The van der Waals surface area contributed by atoms with E-state index in [9.17, 15) is 4.79 Å². The number of aliphatic imine (C=N–C) groups is 1. The lowest BCUT2D eigenvalue weighted by atomic mass is 9.95. The topological polar surface area (TPSA) is 78.0 Å². The zero-order chi connectivity index (χ0) is 19.5. The number of carbonyl (C=O) groups is 1. The average molecular weight is 509 g/mol. The summed E-state index contributed by atoms with van der Waals surface area (Å²) >= 11 is 0. The van der Waals surface area contributed by atoms with Crippen LogP contribution in [0.15, 0.2) is 4.99 Å². The third-order valence-corrected chi connectivity index (χ3v) is 5.42. The van der Waals surface area contributed by atoms with E-state index in [2.05, 4.69) is 39.7 Å². The van der Waals surface area contributed by atoms with Gasteiger partial charge in [0.05, 0.1) is 19.8 Å². The minimum Gasteiger partial charge on any atom is -0.379 e. The van der Waals surface area contributed by atoms with Gasteiger partial charge in [0.1, 0.15) is 0 Å². The maximum Gasteiger partial charge on any atom is 0.239 e. The Balaban J connectivity index is 0.00000392. The van der Waals surface area contributed by atoms with E-state index in [1.807, 2.05) is 0 Å². The molecule has 1 aliphatic heterocycles. The molecule has 0 aromatic rings. The lowest BCUT2D eigenvalue weighted by Crippen LogP contribution is -2.52. The van der Waals surface area contributed by atoms with Gasteiger partial charge in [0.15, 0.2) is 5.96 Å². The van der Waals surface area contributed by atoms with E-state index in [0.717, 1.165) is 52.1 Å². The van der Waals surface area contributed by atoms with Gasteiger partial charge in [0, 0.05) is 38.8 Å². The molecule has 1 amide bonds. The van der Waals surface area contributed by atoms with Gasteiger partial charge in [-0.05, 0) is 25.2 Å². The number of halogens is 1. The van der Waals surface area contributed by atoms with Crippen molar-refractivity contribution in [2.75, 3.05) is 46.4 Å². The Morgan fingerprint density at radius 3 is 2.43 bits per heavy atom. The number of amides is 1. The maximum atomic E-state index is 12.2. The van der Waals surface area contributed by atoms with Gasteiger partial charge in [-0.15, -0.1) is 24.0 Å². The molecule has 1 unspecified atom stereocenters. The van der Waals surface area contributed by atoms with E-state index >= 15 is 0 Å². The molecule has 7 nitrogen and oxygen atoms in total. The molecule has 2 rings (SSSR count). The van der Waals surface area contributed by atoms with Crippen LogP contribution in [0.4, 0.5) is 0 Å². The van der Waals surface area contributed by atoms with Crippen LogP contribution in [0.3, 0.4) is 0 Å². The van der Waals surface area contributed by atoms with Crippen LogP contribution in [0, 0.1) is 5.92 Å². The molecule has 3 N–H and O–H groups in total. The largest absolute Gasteiger partial charge is 0.379 e. The SMILES string of the molecule is CN=C(NCC(=O)NC1CCCCC1)NCC(CC(C)C)N1CCOCC1.I. The molecule has 0 aromatic carbocycles. The molecular formula is C20H40IN5O2. The van der Waals surface area contributed by atoms with Crippen molar-refractivity contribution in [3.05, 3.63) is 0 Å². The summed E-state index contributed by atoms with van der Waals surface area (Å²) in [4.78, 5) is 19.0. The third kappa shape index (κ3) is 9.73. The van der Waals surface area contributed by atoms with Gasteiger partial charge >= 0.3 is 0 Å². The molecule has 164 valence electrons. The number of hydrogen-bond donors (Lipinski definition) is 3. The molecule has 1 atom stereocenters. The normalized spacial score (nSPS) is 20.4. The minimum absolute atomic E-state index is 0. The summed E-state index contributed by atoms with van der Waals surface area (Å²) in [5, 5.41) is 9.70. The van der Waals surface area contributed by atoms with Crippen LogP contribution in [0.1, 0.15) is 52.4 Å². The number of ether oxygens (including phenoxy) is 1. The van der Waals surface area contributed by atoms with Crippen molar-refractivity contribution >= 4 is 35.8 Å². The molecule has 0 bridgehead atoms. The van der Waals surface area contributed by atoms with Crippen LogP contribution in [0.2, 0.25) is 0 Å². The Bertz CT molecular complexity index is 464. The van der Waals surface area contributed by atoms with Crippen LogP contribution in [-0.4, -0.2) is 75.3 Å². The number of carbonyl (C=O) groups excluding carboxylic acids is 1. The van der Waals surface area contributed by atoms with Crippen LogP contribution < -0.4 is 16.0 Å². The summed E-state index contributed by atoms with van der Waals surface area (Å²) in [6.07, 6.45) is 7.08. The van der Waals surface area contributed by atoms with Crippen molar-refractivity contribution in [3.63, 3.8) is 0 Å². The van der Waals surface area contributed by atoms with Crippen molar-refractivity contribution in [1.82, 2.24) is 20.9 Å². The number of nitrogens with zero attached hydrogens (tertiary/aromatic N) is 2. The Morgan fingerprint density at radius 2 is 1.82 bits per heavy atom. The van der Waals surface area contributed by atoms with Crippen molar-refractivity contribution in [2.45, 2.75) is 64.5 Å². The number of guanidine groups is 1. The molecule has 0 spiro atoms. The van der Waals surface area contributed by atoms with Gasteiger partial charge in [-0.2, -0.15) is 0 Å². The van der Waals surface area contributed by atoms with Crippen LogP contribution in [0.25, 0.3) is 0 Å². The highest BCUT2D eigenvalue weighted by atomic mass is 127. The van der Waals surface area contributed by atoms with Crippen molar-refractivity contribution in [1.29, 1.82) is 0 Å². The standard InChI is InChI=1S/C20H39N5O2.HI/c1-16(2)13-18(25-9-11-27-12-10-25)14-22-20(21-3)23-15-19(26)24-17-7-5-4-6-8-17;/h16-18H,4-15H2,1-3H3,(H,24,26)(H2,21,22,23);1H. The molecule has 2 fully saturated rings. The van der Waals surface area contributed by atoms with E-state index in [4.69, 9.17) is 4.74 Å². The molecule has 8 heteroatoms. The molecule has 1 heterocycles. The van der Waals surface area contributed by atoms with E-state index in [0.29, 0.717) is 24.0 Å². The first-order valence-electron chi connectivity index (χ1n) is 10.6. The van der Waals surface area contributed by atoms with Crippen molar-refractivity contribution < 1.29 is 9.53 Å². The predicted octanol–water partition coefficient (Wildman–Crippen LogP) is 1.97. The number of nitrogens with one attached hydrogen (secondary N) is 3. The van der Waals surface area contributed by atoms with Gasteiger partial charge in [0.2, 0.25) is 5.91 Å². The van der Waals surface area contributed by atoms with E-state index < -0.39 is 0 Å². The van der Waals surface area contributed by atoms with Gasteiger partial charge in [-0.1, -0.05) is 33.1 Å². The quantitative estimate of drug-likeness (QED) is 0.265. The zero-order valence-electron chi connectivity index (χ0n) is 17.8. The Hall–Kier alpha value is -0.610. The van der Waals surface area contributed by atoms with E-state index in [-0.39, 0.29) is 36.4 Å². The fraction of sp³-hybridized carbons (Fsp3) is 0.900. The Morgan fingerprint density at radius 1 is 1.14 bits per heavy atom. The highest BCUT2D eigenvalue weighted by molar-refractivity contribution is 14.0. The van der Waals surface area contributed by atoms with Crippen LogP contribution in [0.5, 0.6) is 0 Å². The summed E-state index contributed by atoms with van der Waals surface area (Å²) in [6, 6.07) is 0.795. The monoisotopic (exact) mass is 509 g/mol. The molecular weight excluding hydrogens is 469 g/mol. The van der Waals surface area contributed by atoms with Gasteiger partial charge in [0.25, 0.3) is 0 Å². The Labute approximate surface area is 187 Å². The van der Waals surface area contributed by atoms with E-state index in [1.165, 1.54) is 19.3 Å². The molecule has 0 radical (unpaired) electrons. The van der Waals surface area contributed by atoms with Crippen molar-refractivity contribution in [3.8, 4) is 0 Å². The second-order valence-corrected chi connectivity index (χ2v) is 8.14. The fourth-order valence-corrected chi connectivity index (χ4v) is 3.97. The first-order valence-corrected chi connectivity index (χ1v) is 10.6. The fourth-order valence-electron chi connectivity index (χ4n) is 3.97. The molecule has 1 aliphatic carbocycles. The lowest BCUT2D eigenvalue weighted by Gasteiger charge is -2.35. The third-order valence-electron chi connectivity index (χ3n) is 5.42. The summed E-state index contributed by atoms with van der Waals surface area (Å²) in [7, 11) is 1.75. The summed E-state index contributed by atoms with van der Waals surface area (Å²) in [5.41, 5.74) is 0. The smallest absolute Gasteiger partial charge is 0.239 e. The second-order valence-electron chi connectivity index (χ2n) is 8.14. The number of rotatable bonds is 8. The zero-order valence-corrected chi connectivity index (χ0v) is 20.2.